The smallest absolute Gasteiger partial charge is 0.251 e. The number of nitrogens with one attached hydrogen (secondary N) is 1. The van der Waals surface area contributed by atoms with E-state index in [1.165, 1.54) is 18.4 Å². The van der Waals surface area contributed by atoms with Crippen molar-refractivity contribution in [1.82, 2.24) is 0 Å². The molecule has 1 amide bonds. The van der Waals surface area contributed by atoms with Gasteiger partial charge in [-0.2, -0.15) is 0 Å². The highest BCUT2D eigenvalue weighted by atomic mass is 79.9. The highest BCUT2D eigenvalue weighted by molar-refractivity contribution is 9.10. The molecule has 0 atom stereocenters. The molecule has 2 nitrogen and oxygen atoms in total. The van der Waals surface area contributed by atoms with E-state index in [2.05, 4.69) is 21.2 Å². The van der Waals surface area contributed by atoms with Crippen LogP contribution in [-0.4, -0.2) is 5.91 Å². The molecule has 0 unspecified atom stereocenters. The Morgan fingerprint density at radius 3 is 2.35 bits per heavy atom. The van der Waals surface area contributed by atoms with E-state index in [-0.39, 0.29) is 5.91 Å². The Bertz CT molecular complexity index is 440. The quantitative estimate of drug-likeness (QED) is 0.810. The Morgan fingerprint density at radius 1 is 1.18 bits per heavy atom. The molecule has 0 aliphatic heterocycles. The van der Waals surface area contributed by atoms with Gasteiger partial charge >= 0.3 is 0 Å². The van der Waals surface area contributed by atoms with Gasteiger partial charge in [0.25, 0.3) is 5.91 Å². The van der Waals surface area contributed by atoms with Crippen molar-refractivity contribution >= 4 is 27.5 Å². The normalized spacial score (nSPS) is 14.8. The molecule has 0 radical (unpaired) electrons. The molecule has 0 bridgehead atoms. The van der Waals surface area contributed by atoms with Crippen molar-refractivity contribution in [1.29, 1.82) is 0 Å². The van der Waals surface area contributed by atoms with Crippen molar-refractivity contribution in [3.8, 4) is 0 Å². The number of benzene rings is 1. The Balaban J connectivity index is 2.06. The summed E-state index contributed by atoms with van der Waals surface area (Å²) in [6.07, 6.45) is 4.61. The highest BCUT2D eigenvalue weighted by Crippen LogP contribution is 2.27. The lowest BCUT2D eigenvalue weighted by molar-refractivity contribution is -0.112. The fourth-order valence-electron chi connectivity index (χ4n) is 2.10. The SMILES string of the molecule is CC(C(=O)Nc1ccc(Br)cc1)=C1CCCC1. The molecule has 1 aromatic rings. The van der Waals surface area contributed by atoms with Crippen molar-refractivity contribution < 1.29 is 4.79 Å². The topological polar surface area (TPSA) is 29.1 Å². The summed E-state index contributed by atoms with van der Waals surface area (Å²) in [7, 11) is 0. The van der Waals surface area contributed by atoms with E-state index in [9.17, 15) is 4.79 Å². The van der Waals surface area contributed by atoms with Crippen molar-refractivity contribution in [2.24, 2.45) is 0 Å². The lowest BCUT2D eigenvalue weighted by atomic mass is 10.1. The maximum absolute atomic E-state index is 12.0. The molecular formula is C14H16BrNO. The second kappa shape index (κ2) is 5.50. The Labute approximate surface area is 110 Å². The average Bonchev–Trinajstić information content (AvgIpc) is 2.84. The van der Waals surface area contributed by atoms with Crippen LogP contribution >= 0.6 is 15.9 Å². The van der Waals surface area contributed by atoms with Crippen LogP contribution in [0.15, 0.2) is 39.9 Å². The molecule has 1 aliphatic carbocycles. The van der Waals surface area contributed by atoms with Gasteiger partial charge in [-0.05, 0) is 56.9 Å². The van der Waals surface area contributed by atoms with Crippen LogP contribution in [0.1, 0.15) is 32.6 Å². The number of halogens is 1. The molecule has 2 rings (SSSR count). The first-order chi connectivity index (χ1) is 8.16. The molecule has 17 heavy (non-hydrogen) atoms. The van der Waals surface area contributed by atoms with Crippen LogP contribution in [0.25, 0.3) is 0 Å². The minimum absolute atomic E-state index is 0.0317. The second-order valence-corrected chi connectivity index (χ2v) is 5.31. The van der Waals surface area contributed by atoms with E-state index < -0.39 is 0 Å². The first kappa shape index (κ1) is 12.4. The summed E-state index contributed by atoms with van der Waals surface area (Å²) in [4.78, 5) is 12.0. The molecule has 0 heterocycles. The van der Waals surface area contributed by atoms with Gasteiger partial charge in [-0.25, -0.2) is 0 Å². The summed E-state index contributed by atoms with van der Waals surface area (Å²) in [5, 5.41) is 2.93. The summed E-state index contributed by atoms with van der Waals surface area (Å²) in [6.45, 7) is 1.93. The van der Waals surface area contributed by atoms with Gasteiger partial charge in [0.15, 0.2) is 0 Å². The molecule has 3 heteroatoms. The number of amides is 1. The average molecular weight is 294 g/mol. The van der Waals surface area contributed by atoms with Crippen LogP contribution in [0, 0.1) is 0 Å². The molecule has 1 N–H and O–H groups in total. The third-order valence-electron chi connectivity index (χ3n) is 3.18. The summed E-state index contributed by atoms with van der Waals surface area (Å²) < 4.78 is 1.02. The number of carbonyl (C=O) groups excluding carboxylic acids is 1. The molecule has 0 spiro atoms. The zero-order valence-corrected chi connectivity index (χ0v) is 11.5. The van der Waals surface area contributed by atoms with Gasteiger partial charge in [0.05, 0.1) is 0 Å². The van der Waals surface area contributed by atoms with Crippen LogP contribution in [0.2, 0.25) is 0 Å². The van der Waals surface area contributed by atoms with Gasteiger partial charge in [0, 0.05) is 15.7 Å². The van der Waals surface area contributed by atoms with E-state index in [4.69, 9.17) is 0 Å². The largest absolute Gasteiger partial charge is 0.322 e. The van der Waals surface area contributed by atoms with Crippen molar-refractivity contribution in [3.63, 3.8) is 0 Å². The Morgan fingerprint density at radius 2 is 1.76 bits per heavy atom. The number of allylic oxidation sites excluding steroid dienone is 1. The molecule has 1 fully saturated rings. The molecule has 1 aromatic carbocycles. The van der Waals surface area contributed by atoms with Crippen molar-refractivity contribution in [2.45, 2.75) is 32.6 Å². The Hall–Kier alpha value is -1.09. The van der Waals surface area contributed by atoms with Gasteiger partial charge in [-0.3, -0.25) is 4.79 Å². The van der Waals surface area contributed by atoms with Gasteiger partial charge in [-0.15, -0.1) is 0 Å². The Kier molecular flexibility index (Phi) is 4.00. The molecule has 0 aromatic heterocycles. The standard InChI is InChI=1S/C14H16BrNO/c1-10(11-4-2-3-5-11)14(17)16-13-8-6-12(15)7-9-13/h6-9H,2-5H2,1H3,(H,16,17). The summed E-state index contributed by atoms with van der Waals surface area (Å²) in [5.74, 6) is 0.0317. The molecule has 90 valence electrons. The minimum atomic E-state index is 0.0317. The maximum Gasteiger partial charge on any atom is 0.251 e. The third kappa shape index (κ3) is 3.19. The molecule has 1 saturated carbocycles. The van der Waals surface area contributed by atoms with E-state index in [1.54, 1.807) is 0 Å². The van der Waals surface area contributed by atoms with Crippen LogP contribution in [0.5, 0.6) is 0 Å². The summed E-state index contributed by atoms with van der Waals surface area (Å²) in [5.41, 5.74) is 3.06. The lowest BCUT2D eigenvalue weighted by Gasteiger charge is -2.08. The van der Waals surface area contributed by atoms with E-state index in [0.717, 1.165) is 28.6 Å². The third-order valence-corrected chi connectivity index (χ3v) is 3.71. The monoisotopic (exact) mass is 293 g/mol. The molecule has 1 aliphatic rings. The first-order valence-electron chi connectivity index (χ1n) is 5.92. The lowest BCUT2D eigenvalue weighted by Crippen LogP contribution is -2.13. The van der Waals surface area contributed by atoms with E-state index in [1.807, 2.05) is 31.2 Å². The van der Waals surface area contributed by atoms with Crippen LogP contribution < -0.4 is 5.32 Å². The zero-order valence-electron chi connectivity index (χ0n) is 9.92. The zero-order chi connectivity index (χ0) is 12.3. The van der Waals surface area contributed by atoms with Crippen molar-refractivity contribution in [2.75, 3.05) is 5.32 Å². The predicted octanol–water partition coefficient (Wildman–Crippen LogP) is 4.28. The fourth-order valence-corrected chi connectivity index (χ4v) is 2.36. The number of rotatable bonds is 2. The van der Waals surface area contributed by atoms with E-state index >= 15 is 0 Å². The minimum Gasteiger partial charge on any atom is -0.322 e. The second-order valence-electron chi connectivity index (χ2n) is 4.40. The van der Waals surface area contributed by atoms with Gasteiger partial charge in [0.2, 0.25) is 0 Å². The van der Waals surface area contributed by atoms with Gasteiger partial charge in [-0.1, -0.05) is 21.5 Å². The van der Waals surface area contributed by atoms with Gasteiger partial charge in [0.1, 0.15) is 0 Å². The fraction of sp³-hybridized carbons (Fsp3) is 0.357. The van der Waals surface area contributed by atoms with Crippen LogP contribution in [0.4, 0.5) is 5.69 Å². The highest BCUT2D eigenvalue weighted by Gasteiger charge is 2.14. The molecule has 0 saturated heterocycles. The van der Waals surface area contributed by atoms with E-state index in [0.29, 0.717) is 0 Å². The van der Waals surface area contributed by atoms with Crippen LogP contribution in [0.3, 0.4) is 0 Å². The number of hydrogen-bond acceptors (Lipinski definition) is 1. The van der Waals surface area contributed by atoms with Crippen LogP contribution in [-0.2, 0) is 4.79 Å². The summed E-state index contributed by atoms with van der Waals surface area (Å²) in [6, 6.07) is 7.64. The number of anilines is 1. The number of hydrogen-bond donors (Lipinski definition) is 1. The summed E-state index contributed by atoms with van der Waals surface area (Å²) >= 11 is 3.37. The maximum atomic E-state index is 12.0. The number of carbonyl (C=O) groups is 1. The predicted molar refractivity (Wildman–Crippen MR) is 73.9 cm³/mol. The van der Waals surface area contributed by atoms with Crippen molar-refractivity contribution in [3.05, 3.63) is 39.9 Å². The van der Waals surface area contributed by atoms with Gasteiger partial charge < -0.3 is 5.32 Å². The first-order valence-corrected chi connectivity index (χ1v) is 6.71. The molecular weight excluding hydrogens is 278 g/mol.